The molecule has 2 heterocycles. The second-order valence-corrected chi connectivity index (χ2v) is 3.37. The number of aliphatic carboxylic acids is 1. The zero-order valence-corrected chi connectivity index (χ0v) is 8.59. The molecule has 7 nitrogen and oxygen atoms in total. The minimum Gasteiger partial charge on any atom is -0.481 e. The maximum absolute atomic E-state index is 10.3. The highest BCUT2D eigenvalue weighted by molar-refractivity contribution is 5.66. The second kappa shape index (κ2) is 5.04. The van der Waals surface area contributed by atoms with E-state index in [2.05, 4.69) is 10.1 Å². The smallest absolute Gasteiger partial charge is 0.303 e. The number of nitrogens with zero attached hydrogens (tertiary/aromatic N) is 2. The summed E-state index contributed by atoms with van der Waals surface area (Å²) in [6.45, 7) is 1.47. The van der Waals surface area contributed by atoms with Gasteiger partial charge in [0.25, 0.3) is 0 Å². The molecule has 2 rings (SSSR count). The van der Waals surface area contributed by atoms with Crippen molar-refractivity contribution >= 4 is 5.97 Å². The minimum absolute atomic E-state index is 0.0241. The first-order chi connectivity index (χ1) is 7.75. The average Bonchev–Trinajstić information content (AvgIpc) is 2.76. The van der Waals surface area contributed by atoms with E-state index < -0.39 is 5.97 Å². The summed E-state index contributed by atoms with van der Waals surface area (Å²) >= 11 is 0. The van der Waals surface area contributed by atoms with Crippen molar-refractivity contribution < 1.29 is 23.9 Å². The van der Waals surface area contributed by atoms with Crippen LogP contribution in [0.3, 0.4) is 0 Å². The van der Waals surface area contributed by atoms with E-state index in [0.717, 1.165) is 0 Å². The number of carboxylic acids is 1. The van der Waals surface area contributed by atoms with E-state index in [1.807, 2.05) is 0 Å². The summed E-state index contributed by atoms with van der Waals surface area (Å²) < 4.78 is 15.5. The molecular weight excluding hydrogens is 216 g/mol. The first-order valence-corrected chi connectivity index (χ1v) is 4.99. The molecule has 16 heavy (non-hydrogen) atoms. The molecule has 0 aromatic carbocycles. The SMILES string of the molecule is O=C(O)CCc1nc(C2COCCO2)no1. The normalized spacial score (nSPS) is 20.9. The fourth-order valence-corrected chi connectivity index (χ4v) is 1.35. The van der Waals surface area contributed by atoms with Crippen LogP contribution in [0.25, 0.3) is 0 Å². The van der Waals surface area contributed by atoms with Crippen LogP contribution in [0.2, 0.25) is 0 Å². The summed E-state index contributed by atoms with van der Waals surface area (Å²) in [5.74, 6) is -0.163. The molecule has 1 aliphatic rings. The van der Waals surface area contributed by atoms with Crippen molar-refractivity contribution in [3.8, 4) is 0 Å². The van der Waals surface area contributed by atoms with Gasteiger partial charge in [0.2, 0.25) is 11.7 Å². The number of ether oxygens (including phenoxy) is 2. The Hall–Kier alpha value is -1.47. The summed E-state index contributed by atoms with van der Waals surface area (Å²) in [6, 6.07) is 0. The van der Waals surface area contributed by atoms with E-state index in [1.54, 1.807) is 0 Å². The van der Waals surface area contributed by atoms with Crippen molar-refractivity contribution in [2.24, 2.45) is 0 Å². The minimum atomic E-state index is -0.892. The second-order valence-electron chi connectivity index (χ2n) is 3.37. The lowest BCUT2D eigenvalue weighted by Gasteiger charge is -2.19. The van der Waals surface area contributed by atoms with Crippen LogP contribution in [-0.2, 0) is 20.7 Å². The van der Waals surface area contributed by atoms with Crippen LogP contribution in [0.1, 0.15) is 24.2 Å². The Morgan fingerprint density at radius 3 is 3.06 bits per heavy atom. The topological polar surface area (TPSA) is 94.7 Å². The Bertz CT molecular complexity index is 359. The highest BCUT2D eigenvalue weighted by Crippen LogP contribution is 2.17. The Morgan fingerprint density at radius 1 is 1.50 bits per heavy atom. The molecule has 1 unspecified atom stereocenters. The van der Waals surface area contributed by atoms with Gasteiger partial charge in [-0.05, 0) is 0 Å². The molecule has 88 valence electrons. The molecule has 1 fully saturated rings. The molecule has 1 aliphatic heterocycles. The van der Waals surface area contributed by atoms with E-state index in [0.29, 0.717) is 31.5 Å². The van der Waals surface area contributed by atoms with Crippen LogP contribution < -0.4 is 0 Å². The number of aryl methyl sites for hydroxylation is 1. The lowest BCUT2D eigenvalue weighted by atomic mass is 10.3. The molecule has 0 radical (unpaired) electrons. The zero-order chi connectivity index (χ0) is 11.4. The first kappa shape index (κ1) is 11.0. The Kier molecular flexibility index (Phi) is 3.47. The van der Waals surface area contributed by atoms with E-state index in [4.69, 9.17) is 19.1 Å². The molecule has 0 bridgehead atoms. The molecule has 7 heteroatoms. The quantitative estimate of drug-likeness (QED) is 0.785. The fourth-order valence-electron chi connectivity index (χ4n) is 1.35. The Balaban J connectivity index is 1.93. The van der Waals surface area contributed by atoms with Crippen LogP contribution in [0.15, 0.2) is 4.52 Å². The molecule has 0 amide bonds. The zero-order valence-electron chi connectivity index (χ0n) is 8.59. The number of hydrogen-bond acceptors (Lipinski definition) is 6. The third-order valence-corrected chi connectivity index (χ3v) is 2.14. The third-order valence-electron chi connectivity index (χ3n) is 2.14. The number of carboxylic acid groups (broad SMARTS) is 1. The lowest BCUT2D eigenvalue weighted by Crippen LogP contribution is -2.22. The number of aromatic nitrogens is 2. The van der Waals surface area contributed by atoms with Crippen molar-refractivity contribution in [3.05, 3.63) is 11.7 Å². The van der Waals surface area contributed by atoms with Gasteiger partial charge in [-0.25, -0.2) is 0 Å². The van der Waals surface area contributed by atoms with E-state index in [1.165, 1.54) is 0 Å². The fraction of sp³-hybridized carbons (Fsp3) is 0.667. The molecule has 0 aliphatic carbocycles. The Labute approximate surface area is 91.3 Å². The van der Waals surface area contributed by atoms with Crippen LogP contribution in [0, 0.1) is 0 Å². The van der Waals surface area contributed by atoms with Gasteiger partial charge in [-0.3, -0.25) is 4.79 Å². The van der Waals surface area contributed by atoms with Crippen LogP contribution in [0.5, 0.6) is 0 Å². The summed E-state index contributed by atoms with van der Waals surface area (Å²) in [5, 5.41) is 12.2. The van der Waals surface area contributed by atoms with Gasteiger partial charge in [0, 0.05) is 6.42 Å². The summed E-state index contributed by atoms with van der Waals surface area (Å²) in [4.78, 5) is 14.4. The van der Waals surface area contributed by atoms with Gasteiger partial charge in [-0.15, -0.1) is 0 Å². The predicted molar refractivity (Wildman–Crippen MR) is 49.8 cm³/mol. The van der Waals surface area contributed by atoms with Crippen molar-refractivity contribution in [1.29, 1.82) is 0 Å². The van der Waals surface area contributed by atoms with Gasteiger partial charge >= 0.3 is 5.97 Å². The summed E-state index contributed by atoms with van der Waals surface area (Å²) in [6.07, 6.45) is -0.101. The highest BCUT2D eigenvalue weighted by atomic mass is 16.6. The lowest BCUT2D eigenvalue weighted by molar-refractivity contribution is -0.137. The van der Waals surface area contributed by atoms with Gasteiger partial charge in [-0.1, -0.05) is 5.16 Å². The van der Waals surface area contributed by atoms with E-state index >= 15 is 0 Å². The first-order valence-electron chi connectivity index (χ1n) is 4.99. The number of hydrogen-bond donors (Lipinski definition) is 1. The molecule has 1 aromatic rings. The largest absolute Gasteiger partial charge is 0.481 e. The predicted octanol–water partition coefficient (Wildman–Crippen LogP) is 0.175. The van der Waals surface area contributed by atoms with Gasteiger partial charge in [-0.2, -0.15) is 4.98 Å². The van der Waals surface area contributed by atoms with Gasteiger partial charge in [0.1, 0.15) is 6.10 Å². The standard InChI is InChI=1S/C9H12N2O5/c12-8(13)2-1-7-10-9(11-16-7)6-5-14-3-4-15-6/h6H,1-5H2,(H,12,13). The summed E-state index contributed by atoms with van der Waals surface area (Å²) in [5.41, 5.74) is 0. The molecule has 0 saturated carbocycles. The van der Waals surface area contributed by atoms with Crippen molar-refractivity contribution in [2.45, 2.75) is 18.9 Å². The molecule has 1 atom stereocenters. The van der Waals surface area contributed by atoms with Crippen molar-refractivity contribution in [2.75, 3.05) is 19.8 Å². The average molecular weight is 228 g/mol. The molecule has 1 aromatic heterocycles. The van der Waals surface area contributed by atoms with Crippen LogP contribution in [0.4, 0.5) is 0 Å². The number of carbonyl (C=O) groups is 1. The maximum Gasteiger partial charge on any atom is 0.303 e. The summed E-state index contributed by atoms with van der Waals surface area (Å²) in [7, 11) is 0. The number of rotatable bonds is 4. The van der Waals surface area contributed by atoms with Gasteiger partial charge in [0.05, 0.1) is 26.2 Å². The highest BCUT2D eigenvalue weighted by Gasteiger charge is 2.22. The van der Waals surface area contributed by atoms with Gasteiger partial charge in [0.15, 0.2) is 0 Å². The van der Waals surface area contributed by atoms with Crippen LogP contribution in [-0.4, -0.2) is 41.0 Å². The molecular formula is C9H12N2O5. The third kappa shape index (κ3) is 2.77. The Morgan fingerprint density at radius 2 is 2.38 bits per heavy atom. The van der Waals surface area contributed by atoms with Crippen LogP contribution >= 0.6 is 0 Å². The van der Waals surface area contributed by atoms with Crippen molar-refractivity contribution in [3.63, 3.8) is 0 Å². The van der Waals surface area contributed by atoms with E-state index in [-0.39, 0.29) is 18.9 Å². The maximum atomic E-state index is 10.3. The van der Waals surface area contributed by atoms with Gasteiger partial charge < -0.3 is 19.1 Å². The van der Waals surface area contributed by atoms with E-state index in [9.17, 15) is 4.79 Å². The monoisotopic (exact) mass is 228 g/mol. The molecule has 1 N–H and O–H groups in total. The molecule has 1 saturated heterocycles. The van der Waals surface area contributed by atoms with Crippen molar-refractivity contribution in [1.82, 2.24) is 10.1 Å². The molecule has 0 spiro atoms.